The first-order valence-electron chi connectivity index (χ1n) is 8.50. The van der Waals surface area contributed by atoms with Gasteiger partial charge in [-0.2, -0.15) is 0 Å². The van der Waals surface area contributed by atoms with Crippen molar-refractivity contribution in [2.45, 2.75) is 45.7 Å². The Bertz CT molecular complexity index is 520. The van der Waals surface area contributed by atoms with E-state index in [2.05, 4.69) is 11.8 Å². The first-order chi connectivity index (χ1) is 10.9. The quantitative estimate of drug-likeness (QED) is 0.832. The third kappa shape index (κ3) is 6.01. The van der Waals surface area contributed by atoms with Crippen molar-refractivity contribution in [3.05, 3.63) is 30.1 Å². The van der Waals surface area contributed by atoms with Crippen LogP contribution in [-0.2, 0) is 4.79 Å². The molecule has 1 aliphatic heterocycles. The number of piperidine rings is 1. The molecule has 0 bridgehead atoms. The van der Waals surface area contributed by atoms with Crippen LogP contribution in [0.3, 0.4) is 0 Å². The molecule has 2 rings (SSSR count). The molecule has 0 saturated carbocycles. The number of hydrogen-bond acceptors (Lipinski definition) is 3. The summed E-state index contributed by atoms with van der Waals surface area (Å²) in [6.45, 7) is 8.40. The largest absolute Gasteiger partial charge is 0.369 e. The molecule has 1 aromatic rings. The van der Waals surface area contributed by atoms with Crippen LogP contribution < -0.4 is 10.6 Å². The zero-order valence-electron chi connectivity index (χ0n) is 15.2. The molecule has 0 aromatic heterocycles. The zero-order chi connectivity index (χ0) is 17.0. The number of halogens is 3. The van der Waals surface area contributed by atoms with Crippen LogP contribution in [0, 0.1) is 11.7 Å². The van der Waals surface area contributed by atoms with Crippen LogP contribution in [0.2, 0.25) is 0 Å². The van der Waals surface area contributed by atoms with Gasteiger partial charge in [0.15, 0.2) is 0 Å². The van der Waals surface area contributed by atoms with Crippen molar-refractivity contribution in [3.8, 4) is 0 Å². The number of amides is 1. The highest BCUT2D eigenvalue weighted by Gasteiger charge is 2.29. The Labute approximate surface area is 162 Å². The second-order valence-electron chi connectivity index (χ2n) is 6.59. The van der Waals surface area contributed by atoms with Crippen molar-refractivity contribution in [1.29, 1.82) is 0 Å². The molecule has 0 radical (unpaired) electrons. The van der Waals surface area contributed by atoms with Crippen LogP contribution in [0.25, 0.3) is 0 Å². The predicted molar refractivity (Wildman–Crippen MR) is 106 cm³/mol. The Hall–Kier alpha value is -1.04. The van der Waals surface area contributed by atoms with Crippen molar-refractivity contribution in [3.63, 3.8) is 0 Å². The summed E-state index contributed by atoms with van der Waals surface area (Å²) in [5.41, 5.74) is 7.02. The summed E-state index contributed by atoms with van der Waals surface area (Å²) < 4.78 is 13.1. The minimum Gasteiger partial charge on any atom is -0.369 e. The maximum absolute atomic E-state index is 13.1. The van der Waals surface area contributed by atoms with E-state index in [-0.39, 0.29) is 42.5 Å². The second kappa shape index (κ2) is 10.8. The molecule has 1 aliphatic rings. The summed E-state index contributed by atoms with van der Waals surface area (Å²) in [5.74, 6) is 0.00255. The highest BCUT2D eigenvalue weighted by Crippen LogP contribution is 2.24. The highest BCUT2D eigenvalue weighted by molar-refractivity contribution is 5.85. The van der Waals surface area contributed by atoms with E-state index in [1.54, 1.807) is 0 Å². The summed E-state index contributed by atoms with van der Waals surface area (Å²) >= 11 is 0. The van der Waals surface area contributed by atoms with E-state index >= 15 is 0 Å². The third-order valence-corrected chi connectivity index (χ3v) is 4.72. The monoisotopic (exact) mass is 393 g/mol. The Morgan fingerprint density at radius 3 is 2.20 bits per heavy atom. The topological polar surface area (TPSA) is 49.6 Å². The van der Waals surface area contributed by atoms with E-state index < -0.39 is 6.04 Å². The Balaban J connectivity index is 0.00000288. The Morgan fingerprint density at radius 2 is 1.76 bits per heavy atom. The molecule has 1 heterocycles. The molecule has 0 unspecified atom stereocenters. The minimum absolute atomic E-state index is 0. The fourth-order valence-corrected chi connectivity index (χ4v) is 3.18. The van der Waals surface area contributed by atoms with Crippen LogP contribution in [0.15, 0.2) is 24.3 Å². The van der Waals surface area contributed by atoms with E-state index in [1.807, 2.05) is 30.9 Å². The molecular formula is C18H30Cl2FN3O. The SMILES string of the molecule is CCN(c1ccc(F)cc1)C1CCN(C(=O)[C@@H](N)C(C)C)CC1.Cl.Cl. The van der Waals surface area contributed by atoms with Crippen molar-refractivity contribution in [1.82, 2.24) is 4.90 Å². The molecule has 144 valence electrons. The van der Waals surface area contributed by atoms with Crippen molar-refractivity contribution < 1.29 is 9.18 Å². The number of carbonyl (C=O) groups excluding carboxylic acids is 1. The lowest BCUT2D eigenvalue weighted by molar-refractivity contribution is -0.134. The first-order valence-corrected chi connectivity index (χ1v) is 8.50. The van der Waals surface area contributed by atoms with Gasteiger partial charge in [-0.05, 0) is 49.9 Å². The standard InChI is InChI=1S/C18H28FN3O.2ClH/c1-4-22(15-7-5-14(19)6-8-15)16-9-11-21(12-10-16)18(23)17(20)13(2)3;;/h5-8,13,16-17H,4,9-12,20H2,1-3H3;2*1H/t17-;;/m0../s1. The van der Waals surface area contributed by atoms with Crippen LogP contribution in [-0.4, -0.2) is 42.5 Å². The summed E-state index contributed by atoms with van der Waals surface area (Å²) in [4.78, 5) is 16.5. The van der Waals surface area contributed by atoms with Gasteiger partial charge in [0.05, 0.1) is 6.04 Å². The number of benzene rings is 1. The number of nitrogens with two attached hydrogens (primary N) is 1. The van der Waals surface area contributed by atoms with Crippen molar-refractivity contribution in [2.24, 2.45) is 11.7 Å². The number of anilines is 1. The summed E-state index contributed by atoms with van der Waals surface area (Å²) in [6, 6.07) is 6.61. The number of hydrogen-bond donors (Lipinski definition) is 1. The van der Waals surface area contributed by atoms with Gasteiger partial charge >= 0.3 is 0 Å². The van der Waals surface area contributed by atoms with Crippen LogP contribution in [0.4, 0.5) is 10.1 Å². The molecule has 1 saturated heterocycles. The lowest BCUT2D eigenvalue weighted by Gasteiger charge is -2.40. The van der Waals surface area contributed by atoms with E-state index in [1.165, 1.54) is 12.1 Å². The molecule has 0 aliphatic carbocycles. The summed E-state index contributed by atoms with van der Waals surface area (Å²) in [7, 11) is 0. The number of likely N-dealkylation sites (tertiary alicyclic amines) is 1. The molecule has 1 aromatic carbocycles. The smallest absolute Gasteiger partial charge is 0.239 e. The number of nitrogens with zero attached hydrogens (tertiary/aromatic N) is 2. The number of rotatable bonds is 5. The molecule has 0 spiro atoms. The normalized spacial score (nSPS) is 16.0. The molecule has 1 amide bonds. The van der Waals surface area contributed by atoms with Gasteiger partial charge in [-0.25, -0.2) is 4.39 Å². The molecule has 25 heavy (non-hydrogen) atoms. The van der Waals surface area contributed by atoms with Gasteiger partial charge in [-0.15, -0.1) is 24.8 Å². The number of carbonyl (C=O) groups is 1. The Morgan fingerprint density at radius 1 is 1.24 bits per heavy atom. The average molecular weight is 394 g/mol. The van der Waals surface area contributed by atoms with Gasteiger partial charge in [0, 0.05) is 31.4 Å². The van der Waals surface area contributed by atoms with E-state index in [4.69, 9.17) is 5.73 Å². The van der Waals surface area contributed by atoms with Gasteiger partial charge in [-0.3, -0.25) is 4.79 Å². The third-order valence-electron chi connectivity index (χ3n) is 4.72. The molecule has 1 atom stereocenters. The van der Waals surface area contributed by atoms with Crippen LogP contribution in [0.5, 0.6) is 0 Å². The fraction of sp³-hybridized carbons (Fsp3) is 0.611. The maximum Gasteiger partial charge on any atom is 0.239 e. The summed E-state index contributed by atoms with van der Waals surface area (Å²) in [6.07, 6.45) is 1.84. The van der Waals surface area contributed by atoms with Gasteiger partial charge in [0.2, 0.25) is 5.91 Å². The van der Waals surface area contributed by atoms with Gasteiger partial charge < -0.3 is 15.5 Å². The molecular weight excluding hydrogens is 364 g/mol. The van der Waals surface area contributed by atoms with Gasteiger partial charge in [0.1, 0.15) is 5.82 Å². The van der Waals surface area contributed by atoms with E-state index in [0.29, 0.717) is 6.04 Å². The molecule has 1 fully saturated rings. The highest BCUT2D eigenvalue weighted by atomic mass is 35.5. The van der Waals surface area contributed by atoms with Crippen LogP contribution in [0.1, 0.15) is 33.6 Å². The van der Waals surface area contributed by atoms with E-state index in [9.17, 15) is 9.18 Å². The predicted octanol–water partition coefficient (Wildman–Crippen LogP) is 3.47. The van der Waals surface area contributed by atoms with Crippen molar-refractivity contribution >= 4 is 36.4 Å². The molecule has 4 nitrogen and oxygen atoms in total. The Kier molecular flexibility index (Phi) is 10.4. The molecule has 2 N–H and O–H groups in total. The lowest BCUT2D eigenvalue weighted by atomic mass is 9.99. The van der Waals surface area contributed by atoms with Gasteiger partial charge in [0.25, 0.3) is 0 Å². The zero-order valence-corrected chi connectivity index (χ0v) is 16.8. The summed E-state index contributed by atoms with van der Waals surface area (Å²) in [5, 5.41) is 0. The first kappa shape index (κ1) is 24.0. The second-order valence-corrected chi connectivity index (χ2v) is 6.59. The average Bonchev–Trinajstić information content (AvgIpc) is 2.56. The molecule has 7 heteroatoms. The fourth-order valence-electron chi connectivity index (χ4n) is 3.18. The minimum atomic E-state index is -0.411. The van der Waals surface area contributed by atoms with Crippen molar-refractivity contribution in [2.75, 3.05) is 24.5 Å². The maximum atomic E-state index is 13.1. The van der Waals surface area contributed by atoms with E-state index in [0.717, 1.165) is 38.2 Å². The van der Waals surface area contributed by atoms with Gasteiger partial charge in [-0.1, -0.05) is 13.8 Å². The van der Waals surface area contributed by atoms with Crippen LogP contribution >= 0.6 is 24.8 Å². The lowest BCUT2D eigenvalue weighted by Crippen LogP contribution is -2.52.